The van der Waals surface area contributed by atoms with Crippen LogP contribution in [0.1, 0.15) is 44.3 Å². The lowest BCUT2D eigenvalue weighted by atomic mass is 9.78. The van der Waals surface area contributed by atoms with Crippen molar-refractivity contribution in [2.75, 3.05) is 27.2 Å². The zero-order valence-electron chi connectivity index (χ0n) is 13.8. The van der Waals surface area contributed by atoms with Crippen LogP contribution in [0.5, 0.6) is 0 Å². The maximum absolute atomic E-state index is 6.63. The third-order valence-corrected chi connectivity index (χ3v) is 4.98. The zero-order valence-corrected chi connectivity index (χ0v) is 13.8. The molecule has 21 heavy (non-hydrogen) atoms. The van der Waals surface area contributed by atoms with E-state index in [9.17, 15) is 0 Å². The molecule has 1 aromatic carbocycles. The lowest BCUT2D eigenvalue weighted by molar-refractivity contribution is -0.325. The van der Waals surface area contributed by atoms with Crippen LogP contribution in [0.15, 0.2) is 30.3 Å². The van der Waals surface area contributed by atoms with E-state index in [1.807, 2.05) is 0 Å². The molecule has 3 rings (SSSR count). The minimum Gasteiger partial charge on any atom is -0.367 e. The van der Waals surface area contributed by atoms with Gasteiger partial charge in [0.15, 0.2) is 0 Å². The van der Waals surface area contributed by atoms with Crippen molar-refractivity contribution >= 4 is 0 Å². The van der Waals surface area contributed by atoms with Crippen LogP contribution in [-0.4, -0.2) is 37.7 Å². The van der Waals surface area contributed by atoms with Gasteiger partial charge in [0.2, 0.25) is 0 Å². The fraction of sp³-hybridized carbons (Fsp3) is 0.667. The number of benzene rings is 1. The Hall–Kier alpha value is -0.900. The summed E-state index contributed by atoms with van der Waals surface area (Å²) < 4.78 is 6.63. The standard InChI is InChI=1S/C17H25NO.CH5N/c1-14-8-9-17(10-12-18(2)13-11-17)19-16(14)15-6-4-3-5-7-15;1-2/h3-7,14,16H,8-13H2,1-2H3;2H2,1H3/p+1. The third kappa shape index (κ3) is 3.85. The zero-order chi connectivity index (χ0) is 15.3. The van der Waals surface area contributed by atoms with Crippen LogP contribution in [0.2, 0.25) is 0 Å². The molecule has 0 radical (unpaired) electrons. The van der Waals surface area contributed by atoms with E-state index < -0.39 is 0 Å². The van der Waals surface area contributed by atoms with Crippen molar-refractivity contribution in [3.63, 3.8) is 0 Å². The molecule has 0 aromatic heterocycles. The molecule has 2 aliphatic rings. The largest absolute Gasteiger partial charge is 0.367 e. The van der Waals surface area contributed by atoms with Gasteiger partial charge in [-0.3, -0.25) is 0 Å². The first-order chi connectivity index (χ1) is 10.2. The summed E-state index contributed by atoms with van der Waals surface area (Å²) >= 11 is 0. The first-order valence-electron chi connectivity index (χ1n) is 8.31. The van der Waals surface area contributed by atoms with Gasteiger partial charge in [0.25, 0.3) is 0 Å². The van der Waals surface area contributed by atoms with Crippen LogP contribution >= 0.6 is 0 Å². The molecule has 1 spiro atoms. The van der Waals surface area contributed by atoms with Crippen molar-refractivity contribution in [3.05, 3.63) is 35.9 Å². The van der Waals surface area contributed by atoms with Crippen molar-refractivity contribution in [3.8, 4) is 0 Å². The van der Waals surface area contributed by atoms with Crippen molar-refractivity contribution < 1.29 is 10.5 Å². The van der Waals surface area contributed by atoms with Crippen molar-refractivity contribution in [2.24, 2.45) is 5.92 Å². The molecule has 2 fully saturated rings. The average molecular weight is 291 g/mol. The van der Waals surface area contributed by atoms with E-state index in [1.165, 1.54) is 44.3 Å². The number of ether oxygens (including phenoxy) is 1. The number of quaternary nitrogens is 1. The molecule has 0 amide bonds. The van der Waals surface area contributed by atoms with Crippen LogP contribution in [0.25, 0.3) is 0 Å². The molecule has 2 saturated heterocycles. The van der Waals surface area contributed by atoms with Gasteiger partial charge in [-0.1, -0.05) is 37.3 Å². The Morgan fingerprint density at radius 2 is 1.71 bits per heavy atom. The van der Waals surface area contributed by atoms with E-state index in [4.69, 9.17) is 4.74 Å². The van der Waals surface area contributed by atoms with Crippen LogP contribution < -0.4 is 5.73 Å². The van der Waals surface area contributed by atoms with Gasteiger partial charge in [0, 0.05) is 13.1 Å². The first-order valence-corrected chi connectivity index (χ1v) is 8.31. The van der Waals surface area contributed by atoms with E-state index in [0.29, 0.717) is 12.0 Å². The SMILES string of the molecule is CC1CCC2(CCN(C)CC2)OC1c1ccccc1.C[NH3+]. The molecule has 0 saturated carbocycles. The molecular formula is C18H31N2O+. The summed E-state index contributed by atoms with van der Waals surface area (Å²) in [4.78, 5) is 2.42. The second-order valence-corrected chi connectivity index (χ2v) is 6.45. The molecule has 118 valence electrons. The Morgan fingerprint density at radius 3 is 2.33 bits per heavy atom. The summed E-state index contributed by atoms with van der Waals surface area (Å²) in [6.45, 7) is 4.69. The lowest BCUT2D eigenvalue weighted by Gasteiger charge is -2.48. The Kier molecular flexibility index (Phi) is 5.80. The van der Waals surface area contributed by atoms with Crippen molar-refractivity contribution in [1.82, 2.24) is 4.90 Å². The molecule has 2 atom stereocenters. The second-order valence-electron chi connectivity index (χ2n) is 6.45. The van der Waals surface area contributed by atoms with Crippen LogP contribution in [0.4, 0.5) is 0 Å². The fourth-order valence-electron chi connectivity index (χ4n) is 3.52. The number of piperidine rings is 1. The summed E-state index contributed by atoms with van der Waals surface area (Å²) in [5.41, 5.74) is 4.76. The van der Waals surface area contributed by atoms with Crippen LogP contribution in [0.3, 0.4) is 0 Å². The minimum atomic E-state index is 0.152. The van der Waals surface area contributed by atoms with Gasteiger partial charge in [0.1, 0.15) is 0 Å². The van der Waals surface area contributed by atoms with Crippen molar-refractivity contribution in [1.29, 1.82) is 0 Å². The van der Waals surface area contributed by atoms with Crippen molar-refractivity contribution in [2.45, 2.75) is 44.3 Å². The van der Waals surface area contributed by atoms with E-state index >= 15 is 0 Å². The maximum Gasteiger partial charge on any atom is 0.0858 e. The summed E-state index contributed by atoms with van der Waals surface area (Å²) in [6, 6.07) is 10.8. The summed E-state index contributed by atoms with van der Waals surface area (Å²) in [7, 11) is 3.97. The Bertz CT molecular complexity index is 407. The highest BCUT2D eigenvalue weighted by Gasteiger charge is 2.42. The summed E-state index contributed by atoms with van der Waals surface area (Å²) in [6.07, 6.45) is 5.21. The highest BCUT2D eigenvalue weighted by molar-refractivity contribution is 5.19. The molecule has 3 nitrogen and oxygen atoms in total. The van der Waals surface area contributed by atoms with Gasteiger partial charge in [-0.2, -0.15) is 0 Å². The van der Waals surface area contributed by atoms with E-state index in [0.717, 1.165) is 0 Å². The number of hydrogen-bond donors (Lipinski definition) is 1. The van der Waals surface area contributed by atoms with Gasteiger partial charge in [0.05, 0.1) is 18.8 Å². The Morgan fingerprint density at radius 1 is 1.10 bits per heavy atom. The predicted molar refractivity (Wildman–Crippen MR) is 86.9 cm³/mol. The highest BCUT2D eigenvalue weighted by atomic mass is 16.5. The highest BCUT2D eigenvalue weighted by Crippen LogP contribution is 2.45. The molecule has 0 bridgehead atoms. The molecule has 2 aliphatic heterocycles. The fourth-order valence-corrected chi connectivity index (χ4v) is 3.52. The normalized spacial score (nSPS) is 28.8. The number of nitrogens with zero attached hydrogens (tertiary/aromatic N) is 1. The van der Waals surface area contributed by atoms with Gasteiger partial charge >= 0.3 is 0 Å². The lowest BCUT2D eigenvalue weighted by Crippen LogP contribution is -2.48. The minimum absolute atomic E-state index is 0.152. The Labute approximate surface area is 129 Å². The maximum atomic E-state index is 6.63. The van der Waals surface area contributed by atoms with E-state index in [1.54, 1.807) is 7.05 Å². The average Bonchev–Trinajstić information content (AvgIpc) is 2.56. The summed E-state index contributed by atoms with van der Waals surface area (Å²) in [5.74, 6) is 0.632. The third-order valence-electron chi connectivity index (χ3n) is 4.98. The molecule has 2 unspecified atom stereocenters. The number of hydrogen-bond acceptors (Lipinski definition) is 2. The van der Waals surface area contributed by atoms with Crippen LogP contribution in [-0.2, 0) is 4.74 Å². The molecule has 0 aliphatic carbocycles. The molecule has 3 N–H and O–H groups in total. The second kappa shape index (κ2) is 7.39. The van der Waals surface area contributed by atoms with Crippen LogP contribution in [0, 0.1) is 5.92 Å². The number of likely N-dealkylation sites (tertiary alicyclic amines) is 1. The summed E-state index contributed by atoms with van der Waals surface area (Å²) in [5, 5.41) is 0. The molecule has 3 heteroatoms. The van der Waals surface area contributed by atoms with E-state index in [-0.39, 0.29) is 5.60 Å². The first kappa shape index (κ1) is 16.5. The van der Waals surface area contributed by atoms with Gasteiger partial charge in [-0.25, -0.2) is 0 Å². The molecule has 1 aromatic rings. The Balaban J connectivity index is 0.000000774. The smallest absolute Gasteiger partial charge is 0.0858 e. The predicted octanol–water partition coefficient (Wildman–Crippen LogP) is 2.50. The monoisotopic (exact) mass is 291 g/mol. The van der Waals surface area contributed by atoms with Gasteiger partial charge in [-0.05, 0) is 44.2 Å². The topological polar surface area (TPSA) is 40.1 Å². The number of rotatable bonds is 1. The van der Waals surface area contributed by atoms with E-state index in [2.05, 4.69) is 54.9 Å². The van der Waals surface area contributed by atoms with Gasteiger partial charge < -0.3 is 15.4 Å². The molecule has 2 heterocycles. The molecular weight excluding hydrogens is 260 g/mol. The quantitative estimate of drug-likeness (QED) is 0.863. The van der Waals surface area contributed by atoms with Gasteiger partial charge in [-0.15, -0.1) is 0 Å².